The number of carbonyl (C=O) groups excluding carboxylic acids is 2. The van der Waals surface area contributed by atoms with Crippen LogP contribution in [0.25, 0.3) is 0 Å². The van der Waals surface area contributed by atoms with Crippen LogP contribution in [0.1, 0.15) is 67.3 Å². The van der Waals surface area contributed by atoms with E-state index in [0.29, 0.717) is 17.2 Å². The molecule has 0 aliphatic heterocycles. The molecule has 2 atom stereocenters. The zero-order valence-electron chi connectivity index (χ0n) is 15.9. The summed E-state index contributed by atoms with van der Waals surface area (Å²) in [6, 6.07) is 12.0. The number of hydrogen-bond acceptors (Lipinski definition) is 4. The van der Waals surface area contributed by atoms with Crippen LogP contribution in [0.5, 0.6) is 0 Å². The summed E-state index contributed by atoms with van der Waals surface area (Å²) in [5.74, 6) is -0.410. The van der Waals surface area contributed by atoms with Crippen LogP contribution in [0.3, 0.4) is 0 Å². The molecule has 0 bridgehead atoms. The lowest BCUT2D eigenvalue weighted by Gasteiger charge is -2.11. The van der Waals surface area contributed by atoms with E-state index in [0.717, 1.165) is 17.7 Å². The van der Waals surface area contributed by atoms with Crippen LogP contribution in [-0.2, 0) is 9.53 Å². The van der Waals surface area contributed by atoms with Crippen LogP contribution in [0.4, 0.5) is 5.00 Å². The van der Waals surface area contributed by atoms with Crippen LogP contribution in [0, 0.1) is 5.92 Å². The van der Waals surface area contributed by atoms with Gasteiger partial charge in [-0.2, -0.15) is 0 Å². The summed E-state index contributed by atoms with van der Waals surface area (Å²) in [6.45, 7) is 8.14. The molecule has 1 aromatic heterocycles. The molecule has 5 heteroatoms. The van der Waals surface area contributed by atoms with Crippen LogP contribution in [0.15, 0.2) is 36.4 Å². The average Bonchev–Trinajstić information content (AvgIpc) is 3.06. The Kier molecular flexibility index (Phi) is 7.39. The molecule has 1 N–H and O–H groups in total. The number of rotatable bonds is 8. The molecule has 26 heavy (non-hydrogen) atoms. The highest BCUT2D eigenvalue weighted by Crippen LogP contribution is 2.36. The fourth-order valence-electron chi connectivity index (χ4n) is 2.78. The highest BCUT2D eigenvalue weighted by molar-refractivity contribution is 7.16. The van der Waals surface area contributed by atoms with Crippen LogP contribution in [-0.4, -0.2) is 18.5 Å². The van der Waals surface area contributed by atoms with Gasteiger partial charge in [0, 0.05) is 16.7 Å². The molecule has 0 saturated heterocycles. The molecule has 0 unspecified atom stereocenters. The van der Waals surface area contributed by atoms with Crippen molar-refractivity contribution in [2.45, 2.75) is 46.5 Å². The Morgan fingerprint density at radius 2 is 1.85 bits per heavy atom. The first-order valence-electron chi connectivity index (χ1n) is 9.14. The predicted octanol–water partition coefficient (Wildman–Crippen LogP) is 5.45. The number of anilines is 1. The number of hydrogen-bond donors (Lipinski definition) is 1. The van der Waals surface area contributed by atoms with Crippen molar-refractivity contribution in [1.29, 1.82) is 0 Å². The average molecular weight is 374 g/mol. The zero-order chi connectivity index (χ0) is 19.1. The monoisotopic (exact) mass is 373 g/mol. The number of nitrogens with one attached hydrogen (secondary N) is 1. The van der Waals surface area contributed by atoms with Gasteiger partial charge < -0.3 is 10.1 Å². The number of carbonyl (C=O) groups is 2. The van der Waals surface area contributed by atoms with Crippen molar-refractivity contribution in [2.75, 3.05) is 11.9 Å². The quantitative estimate of drug-likeness (QED) is 0.626. The van der Waals surface area contributed by atoms with E-state index < -0.39 is 5.97 Å². The largest absolute Gasteiger partial charge is 0.462 e. The fraction of sp³-hybridized carbons (Fsp3) is 0.429. The van der Waals surface area contributed by atoms with E-state index in [2.05, 4.69) is 31.3 Å². The first-order chi connectivity index (χ1) is 12.5. The molecule has 1 amide bonds. The van der Waals surface area contributed by atoms with Crippen molar-refractivity contribution in [3.8, 4) is 0 Å². The van der Waals surface area contributed by atoms with Gasteiger partial charge in [-0.3, -0.25) is 4.79 Å². The number of amides is 1. The van der Waals surface area contributed by atoms with Gasteiger partial charge in [0.2, 0.25) is 5.91 Å². The van der Waals surface area contributed by atoms with E-state index in [9.17, 15) is 9.59 Å². The van der Waals surface area contributed by atoms with Gasteiger partial charge in [-0.05, 0) is 25.0 Å². The standard InChI is InChI=1S/C21H27NO3S/c1-5-10-14(3)19(23)22-20-17(21(24)25-6-2)13-18(26-20)15(4)16-11-8-7-9-12-16/h7-9,11-15H,5-6,10H2,1-4H3,(H,22,23)/t14-,15+/m0/s1. The molecule has 0 aliphatic carbocycles. The van der Waals surface area contributed by atoms with Gasteiger partial charge in [-0.25, -0.2) is 4.79 Å². The third kappa shape index (κ3) is 4.94. The smallest absolute Gasteiger partial charge is 0.341 e. The number of thiophene rings is 1. The number of ether oxygens (including phenoxy) is 1. The maximum atomic E-state index is 12.4. The summed E-state index contributed by atoms with van der Waals surface area (Å²) in [5, 5.41) is 3.52. The maximum Gasteiger partial charge on any atom is 0.341 e. The first kappa shape index (κ1) is 20.2. The topological polar surface area (TPSA) is 55.4 Å². The Morgan fingerprint density at radius 3 is 2.46 bits per heavy atom. The highest BCUT2D eigenvalue weighted by atomic mass is 32.1. The second kappa shape index (κ2) is 9.53. The molecule has 0 radical (unpaired) electrons. The van der Waals surface area contributed by atoms with Gasteiger partial charge in [-0.15, -0.1) is 11.3 Å². The molecule has 0 aliphatic rings. The van der Waals surface area contributed by atoms with E-state index in [-0.39, 0.29) is 17.7 Å². The molecule has 140 valence electrons. The molecule has 1 aromatic carbocycles. The van der Waals surface area contributed by atoms with Crippen LogP contribution >= 0.6 is 11.3 Å². The van der Waals surface area contributed by atoms with Gasteiger partial charge in [0.1, 0.15) is 5.00 Å². The van der Waals surface area contributed by atoms with Crippen molar-refractivity contribution in [1.82, 2.24) is 0 Å². The van der Waals surface area contributed by atoms with Crippen molar-refractivity contribution >= 4 is 28.2 Å². The Labute approximate surface area is 159 Å². The van der Waals surface area contributed by atoms with Gasteiger partial charge in [0.15, 0.2) is 0 Å². The second-order valence-electron chi connectivity index (χ2n) is 6.42. The lowest BCUT2D eigenvalue weighted by molar-refractivity contribution is -0.119. The SMILES string of the molecule is CCC[C@H](C)C(=O)Nc1sc([C@H](C)c2ccccc2)cc1C(=O)OCC. The lowest BCUT2D eigenvalue weighted by atomic mass is 9.99. The summed E-state index contributed by atoms with van der Waals surface area (Å²) < 4.78 is 5.17. The van der Waals surface area contributed by atoms with Gasteiger partial charge in [-0.1, -0.05) is 57.5 Å². The zero-order valence-corrected chi connectivity index (χ0v) is 16.7. The van der Waals surface area contributed by atoms with E-state index in [1.807, 2.05) is 31.2 Å². The minimum atomic E-state index is -0.395. The summed E-state index contributed by atoms with van der Waals surface area (Å²) >= 11 is 1.45. The summed E-state index contributed by atoms with van der Waals surface area (Å²) in [4.78, 5) is 25.8. The fourth-order valence-corrected chi connectivity index (χ4v) is 3.91. The number of benzene rings is 1. The molecule has 0 spiro atoms. The minimum absolute atomic E-state index is 0.0573. The van der Waals surface area contributed by atoms with Gasteiger partial charge in [0.05, 0.1) is 12.2 Å². The van der Waals surface area contributed by atoms with Crippen LogP contribution in [0.2, 0.25) is 0 Å². The predicted molar refractivity (Wildman–Crippen MR) is 107 cm³/mol. The molecule has 2 aromatic rings. The molecule has 2 rings (SSSR count). The lowest BCUT2D eigenvalue weighted by Crippen LogP contribution is -2.21. The van der Waals surface area contributed by atoms with Gasteiger partial charge >= 0.3 is 5.97 Å². The molecule has 1 heterocycles. The van der Waals surface area contributed by atoms with E-state index in [1.54, 1.807) is 6.92 Å². The Hall–Kier alpha value is -2.14. The minimum Gasteiger partial charge on any atom is -0.462 e. The Morgan fingerprint density at radius 1 is 1.15 bits per heavy atom. The Bertz CT molecular complexity index is 739. The van der Waals surface area contributed by atoms with Gasteiger partial charge in [0.25, 0.3) is 0 Å². The first-order valence-corrected chi connectivity index (χ1v) is 9.96. The summed E-state index contributed by atoms with van der Waals surface area (Å²) in [7, 11) is 0. The molecular formula is C21H27NO3S. The number of esters is 1. The second-order valence-corrected chi connectivity index (χ2v) is 7.51. The molecule has 4 nitrogen and oxygen atoms in total. The van der Waals surface area contributed by atoms with E-state index in [4.69, 9.17) is 4.74 Å². The summed E-state index contributed by atoms with van der Waals surface area (Å²) in [5.41, 5.74) is 1.60. The normalized spacial score (nSPS) is 13.1. The van der Waals surface area contributed by atoms with E-state index >= 15 is 0 Å². The van der Waals surface area contributed by atoms with Crippen molar-refractivity contribution in [3.05, 3.63) is 52.4 Å². The van der Waals surface area contributed by atoms with Crippen molar-refractivity contribution in [3.63, 3.8) is 0 Å². The molecular weight excluding hydrogens is 346 g/mol. The van der Waals surface area contributed by atoms with Crippen LogP contribution < -0.4 is 5.32 Å². The van der Waals surface area contributed by atoms with Crippen molar-refractivity contribution < 1.29 is 14.3 Å². The Balaban J connectivity index is 2.31. The molecule has 0 saturated carbocycles. The van der Waals surface area contributed by atoms with E-state index in [1.165, 1.54) is 16.9 Å². The van der Waals surface area contributed by atoms with Crippen molar-refractivity contribution in [2.24, 2.45) is 5.92 Å². The highest BCUT2D eigenvalue weighted by Gasteiger charge is 2.23. The third-order valence-corrected chi connectivity index (χ3v) is 5.61. The summed E-state index contributed by atoms with van der Waals surface area (Å²) in [6.07, 6.45) is 1.76. The molecule has 0 fully saturated rings. The maximum absolute atomic E-state index is 12.4. The third-order valence-electron chi connectivity index (χ3n) is 4.38.